The molecule has 0 spiro atoms. The van der Waals surface area contributed by atoms with Crippen molar-refractivity contribution in [3.8, 4) is 0 Å². The van der Waals surface area contributed by atoms with Crippen molar-refractivity contribution in [3.63, 3.8) is 0 Å². The Morgan fingerprint density at radius 1 is 1.53 bits per heavy atom. The van der Waals surface area contributed by atoms with Gasteiger partial charge in [-0.25, -0.2) is 0 Å². The fraction of sp³-hybridized carbons (Fsp3) is 0.250. The monoisotopic (exact) mass is 223 g/mol. The Hall–Kier alpha value is -1.28. The Balaban J connectivity index is 2.78. The van der Waals surface area contributed by atoms with Gasteiger partial charge in [0.15, 0.2) is 0 Å². The molecule has 1 aromatic rings. The molecule has 0 aliphatic rings. The maximum atomic E-state index is 11.0. The lowest BCUT2D eigenvalue weighted by atomic mass is 10.1. The summed E-state index contributed by atoms with van der Waals surface area (Å²) in [5, 5.41) is 2.73. The molecule has 0 bridgehead atoms. The van der Waals surface area contributed by atoms with Crippen LogP contribution in [0.3, 0.4) is 0 Å². The van der Waals surface area contributed by atoms with Crippen molar-refractivity contribution in [1.82, 2.24) is 5.32 Å². The third kappa shape index (κ3) is 3.40. The minimum Gasteiger partial charge on any atom is -0.348 e. The zero-order valence-electron chi connectivity index (χ0n) is 8.72. The predicted octanol–water partition coefficient (Wildman–Crippen LogP) is 2.54. The highest BCUT2D eigenvalue weighted by molar-refractivity contribution is 6.17. The Labute approximate surface area is 94.9 Å². The average Bonchev–Trinajstić information content (AvgIpc) is 2.26. The number of rotatable bonds is 4. The van der Waals surface area contributed by atoms with Gasteiger partial charge in [0, 0.05) is 12.4 Å². The van der Waals surface area contributed by atoms with E-state index in [9.17, 15) is 4.79 Å². The average molecular weight is 224 g/mol. The molecule has 1 N–H and O–H groups in total. The Morgan fingerprint density at radius 2 is 2.27 bits per heavy atom. The molecule has 0 unspecified atom stereocenters. The van der Waals surface area contributed by atoms with Gasteiger partial charge in [0.1, 0.15) is 0 Å². The van der Waals surface area contributed by atoms with Gasteiger partial charge >= 0.3 is 0 Å². The largest absolute Gasteiger partial charge is 0.348 e. The summed E-state index contributed by atoms with van der Waals surface area (Å²) in [5.41, 5.74) is 3.26. The van der Waals surface area contributed by atoms with E-state index in [4.69, 9.17) is 11.6 Å². The van der Waals surface area contributed by atoms with Crippen LogP contribution in [0.2, 0.25) is 0 Å². The molecule has 15 heavy (non-hydrogen) atoms. The van der Waals surface area contributed by atoms with E-state index < -0.39 is 0 Å². The maximum Gasteiger partial charge on any atom is 0.243 e. The van der Waals surface area contributed by atoms with Crippen LogP contribution in [0.5, 0.6) is 0 Å². The van der Waals surface area contributed by atoms with Crippen molar-refractivity contribution in [3.05, 3.63) is 47.5 Å². The number of alkyl halides is 1. The molecule has 0 fully saturated rings. The molecule has 0 heterocycles. The van der Waals surface area contributed by atoms with Gasteiger partial charge in [-0.15, -0.1) is 11.6 Å². The summed E-state index contributed by atoms with van der Waals surface area (Å²) in [7, 11) is 0. The lowest BCUT2D eigenvalue weighted by molar-refractivity contribution is -0.116. The van der Waals surface area contributed by atoms with Crippen molar-refractivity contribution in [1.29, 1.82) is 0 Å². The number of carbonyl (C=O) groups excluding carboxylic acids is 1. The molecule has 0 saturated heterocycles. The number of aryl methyl sites for hydroxylation is 1. The van der Waals surface area contributed by atoms with Crippen LogP contribution < -0.4 is 5.32 Å². The predicted molar refractivity (Wildman–Crippen MR) is 62.8 cm³/mol. The lowest BCUT2D eigenvalue weighted by Gasteiger charge is -2.08. The van der Waals surface area contributed by atoms with E-state index >= 15 is 0 Å². The smallest absolute Gasteiger partial charge is 0.243 e. The molecule has 0 aliphatic heterocycles. The van der Waals surface area contributed by atoms with Crippen molar-refractivity contribution >= 4 is 17.5 Å². The summed E-state index contributed by atoms with van der Waals surface area (Å²) in [4.78, 5) is 11.0. The number of hydrogen-bond acceptors (Lipinski definition) is 1. The topological polar surface area (TPSA) is 29.1 Å². The Morgan fingerprint density at radius 3 is 2.87 bits per heavy atom. The third-order valence-corrected chi connectivity index (χ3v) is 2.43. The van der Waals surface area contributed by atoms with Crippen LogP contribution in [0.1, 0.15) is 16.7 Å². The molecule has 80 valence electrons. The van der Waals surface area contributed by atoms with E-state index in [2.05, 4.69) is 11.9 Å². The van der Waals surface area contributed by atoms with Gasteiger partial charge in [-0.05, 0) is 24.1 Å². The Bertz CT molecular complexity index is 374. The van der Waals surface area contributed by atoms with Crippen LogP contribution >= 0.6 is 11.6 Å². The zero-order valence-corrected chi connectivity index (χ0v) is 9.47. The van der Waals surface area contributed by atoms with Crippen molar-refractivity contribution < 1.29 is 4.79 Å². The first-order valence-corrected chi connectivity index (χ1v) is 5.25. The molecule has 1 aromatic carbocycles. The molecule has 2 nitrogen and oxygen atoms in total. The molecule has 1 amide bonds. The summed E-state index contributed by atoms with van der Waals surface area (Å²) in [6.07, 6.45) is 1.26. The van der Waals surface area contributed by atoms with Gasteiger partial charge in [0.25, 0.3) is 0 Å². The summed E-state index contributed by atoms with van der Waals surface area (Å²) < 4.78 is 0. The minimum absolute atomic E-state index is 0.169. The molecular formula is C12H14ClNO. The van der Waals surface area contributed by atoms with Gasteiger partial charge < -0.3 is 5.32 Å². The highest BCUT2D eigenvalue weighted by Gasteiger charge is 2.02. The molecular weight excluding hydrogens is 210 g/mol. The van der Waals surface area contributed by atoms with Crippen molar-refractivity contribution in [2.75, 3.05) is 0 Å². The molecule has 3 heteroatoms. The fourth-order valence-corrected chi connectivity index (χ4v) is 1.56. The number of nitrogens with one attached hydrogen (secondary N) is 1. The summed E-state index contributed by atoms with van der Waals surface area (Å²) in [6.45, 7) is 5.90. The maximum absolute atomic E-state index is 11.0. The van der Waals surface area contributed by atoms with Crippen LogP contribution in [-0.4, -0.2) is 5.91 Å². The number of hydrogen-bond donors (Lipinski definition) is 1. The van der Waals surface area contributed by atoms with E-state index in [1.165, 1.54) is 6.08 Å². The minimum atomic E-state index is -0.169. The standard InChI is InChI=1S/C12H14ClNO/c1-3-12(15)14-8-11-6-9(2)4-5-10(11)7-13/h3-6H,1,7-8H2,2H3,(H,14,15). The normalized spacial score (nSPS) is 9.73. The highest BCUT2D eigenvalue weighted by Crippen LogP contribution is 2.13. The van der Waals surface area contributed by atoms with E-state index in [0.29, 0.717) is 12.4 Å². The zero-order chi connectivity index (χ0) is 11.3. The first kappa shape index (κ1) is 11.8. The van der Waals surface area contributed by atoms with E-state index in [-0.39, 0.29) is 5.91 Å². The second-order valence-corrected chi connectivity index (χ2v) is 3.59. The summed E-state index contributed by atoms with van der Waals surface area (Å²) >= 11 is 5.80. The second-order valence-electron chi connectivity index (χ2n) is 3.33. The fourth-order valence-electron chi connectivity index (χ4n) is 1.30. The molecule has 0 aromatic heterocycles. The van der Waals surface area contributed by atoms with Crippen molar-refractivity contribution in [2.24, 2.45) is 0 Å². The van der Waals surface area contributed by atoms with Crippen LogP contribution in [-0.2, 0) is 17.2 Å². The van der Waals surface area contributed by atoms with Crippen LogP contribution in [0, 0.1) is 6.92 Å². The van der Waals surface area contributed by atoms with Gasteiger partial charge in [0.05, 0.1) is 0 Å². The number of halogens is 1. The first-order valence-electron chi connectivity index (χ1n) is 4.72. The first-order chi connectivity index (χ1) is 7.17. The third-order valence-electron chi connectivity index (χ3n) is 2.14. The number of carbonyl (C=O) groups is 1. The van der Waals surface area contributed by atoms with Gasteiger partial charge in [0.2, 0.25) is 5.91 Å². The van der Waals surface area contributed by atoms with Gasteiger partial charge in [-0.3, -0.25) is 4.79 Å². The second kappa shape index (κ2) is 5.56. The number of amides is 1. The van der Waals surface area contributed by atoms with Crippen molar-refractivity contribution in [2.45, 2.75) is 19.3 Å². The quantitative estimate of drug-likeness (QED) is 0.617. The lowest BCUT2D eigenvalue weighted by Crippen LogP contribution is -2.20. The number of benzene rings is 1. The molecule has 0 radical (unpaired) electrons. The summed E-state index contributed by atoms with van der Waals surface area (Å²) in [5.74, 6) is 0.288. The van der Waals surface area contributed by atoms with Crippen LogP contribution in [0.25, 0.3) is 0 Å². The van der Waals surface area contributed by atoms with Crippen LogP contribution in [0.15, 0.2) is 30.9 Å². The highest BCUT2D eigenvalue weighted by atomic mass is 35.5. The van der Waals surface area contributed by atoms with E-state index in [1.54, 1.807) is 0 Å². The van der Waals surface area contributed by atoms with Gasteiger partial charge in [-0.2, -0.15) is 0 Å². The molecule has 0 saturated carbocycles. The van der Waals surface area contributed by atoms with Gasteiger partial charge in [-0.1, -0.05) is 30.3 Å². The van der Waals surface area contributed by atoms with E-state index in [0.717, 1.165) is 16.7 Å². The molecule has 1 rings (SSSR count). The van der Waals surface area contributed by atoms with Crippen LogP contribution in [0.4, 0.5) is 0 Å². The Kier molecular flexibility index (Phi) is 4.37. The van der Waals surface area contributed by atoms with E-state index in [1.807, 2.05) is 25.1 Å². The molecule has 0 aliphatic carbocycles. The summed E-state index contributed by atoms with van der Waals surface area (Å²) in [6, 6.07) is 6.02. The SMILES string of the molecule is C=CC(=O)NCc1cc(C)ccc1CCl. The molecule has 0 atom stereocenters.